The molecular formula is C14H18N2. The molecule has 0 unspecified atom stereocenters. The van der Waals surface area contributed by atoms with Crippen molar-refractivity contribution in [1.82, 2.24) is 9.97 Å². The topological polar surface area (TPSA) is 25.8 Å². The molecule has 0 spiro atoms. The fourth-order valence-corrected chi connectivity index (χ4v) is 1.48. The lowest BCUT2D eigenvalue weighted by Crippen LogP contribution is -1.91. The minimum atomic E-state index is 0.984. The lowest BCUT2D eigenvalue weighted by atomic mass is 10.1. The Morgan fingerprint density at radius 1 is 0.938 bits per heavy atom. The second-order valence-electron chi connectivity index (χ2n) is 3.30. The summed E-state index contributed by atoms with van der Waals surface area (Å²) in [7, 11) is 0. The van der Waals surface area contributed by atoms with Crippen LogP contribution in [-0.4, -0.2) is 9.97 Å². The van der Waals surface area contributed by atoms with E-state index in [0.29, 0.717) is 0 Å². The smallest absolute Gasteiger partial charge is 0.0720 e. The van der Waals surface area contributed by atoms with Crippen molar-refractivity contribution >= 4 is 0 Å². The molecule has 0 atom stereocenters. The van der Waals surface area contributed by atoms with Crippen LogP contribution in [0.3, 0.4) is 0 Å². The lowest BCUT2D eigenvalue weighted by molar-refractivity contribution is 1.12. The predicted octanol–water partition coefficient (Wildman–Crippen LogP) is 3.79. The van der Waals surface area contributed by atoms with E-state index in [-0.39, 0.29) is 0 Å². The first-order valence-corrected chi connectivity index (χ1v) is 5.63. The molecule has 0 aromatic carbocycles. The highest BCUT2D eigenvalue weighted by molar-refractivity contribution is 5.61. The van der Waals surface area contributed by atoms with Gasteiger partial charge in [0.1, 0.15) is 0 Å². The van der Waals surface area contributed by atoms with Crippen LogP contribution in [-0.2, 0) is 0 Å². The van der Waals surface area contributed by atoms with E-state index >= 15 is 0 Å². The summed E-state index contributed by atoms with van der Waals surface area (Å²) in [4.78, 5) is 8.71. The van der Waals surface area contributed by atoms with Crippen LogP contribution in [0.5, 0.6) is 0 Å². The van der Waals surface area contributed by atoms with Crippen LogP contribution in [0, 0.1) is 13.8 Å². The number of hydrogen-bond acceptors (Lipinski definition) is 2. The summed E-state index contributed by atoms with van der Waals surface area (Å²) in [6, 6.07) is 9.98. The first kappa shape index (κ1) is 12.4. The van der Waals surface area contributed by atoms with Crippen molar-refractivity contribution in [3.8, 4) is 11.3 Å². The van der Waals surface area contributed by atoms with Crippen LogP contribution in [0.1, 0.15) is 25.2 Å². The van der Waals surface area contributed by atoms with Gasteiger partial charge >= 0.3 is 0 Å². The average Bonchev–Trinajstić information content (AvgIpc) is 2.33. The van der Waals surface area contributed by atoms with Crippen LogP contribution in [0.4, 0.5) is 0 Å². The second-order valence-corrected chi connectivity index (χ2v) is 3.30. The number of aryl methyl sites for hydroxylation is 2. The number of hydrogen-bond donors (Lipinski definition) is 0. The SMILES string of the molecule is CC.Cc1ccc(-c2ccccn2)c(C)n1. The van der Waals surface area contributed by atoms with Crippen molar-refractivity contribution in [2.75, 3.05) is 0 Å². The molecule has 0 amide bonds. The Hall–Kier alpha value is -1.70. The summed E-state index contributed by atoms with van der Waals surface area (Å²) in [5.41, 5.74) is 4.17. The molecule has 2 nitrogen and oxygen atoms in total. The fraction of sp³-hybridized carbons (Fsp3) is 0.286. The Morgan fingerprint density at radius 3 is 2.25 bits per heavy atom. The third-order valence-corrected chi connectivity index (χ3v) is 2.17. The highest BCUT2D eigenvalue weighted by atomic mass is 14.7. The molecule has 0 N–H and O–H groups in total. The standard InChI is InChI=1S/C12H12N2.C2H6/c1-9-6-7-11(10(2)14-9)12-5-3-4-8-13-12;1-2/h3-8H,1-2H3;1-2H3. The molecule has 0 aliphatic carbocycles. The lowest BCUT2D eigenvalue weighted by Gasteiger charge is -2.04. The fourth-order valence-electron chi connectivity index (χ4n) is 1.48. The molecule has 84 valence electrons. The van der Waals surface area contributed by atoms with Gasteiger partial charge in [0.25, 0.3) is 0 Å². The summed E-state index contributed by atoms with van der Waals surface area (Å²) in [5, 5.41) is 0. The van der Waals surface area contributed by atoms with Crippen LogP contribution in [0.2, 0.25) is 0 Å². The summed E-state index contributed by atoms with van der Waals surface area (Å²) in [5.74, 6) is 0. The van der Waals surface area contributed by atoms with Gasteiger partial charge in [-0.2, -0.15) is 0 Å². The average molecular weight is 214 g/mol. The normalized spacial score (nSPS) is 9.25. The first-order valence-electron chi connectivity index (χ1n) is 5.63. The minimum absolute atomic E-state index is 0.984. The molecule has 0 aliphatic heterocycles. The van der Waals surface area contributed by atoms with Crippen molar-refractivity contribution in [3.63, 3.8) is 0 Å². The highest BCUT2D eigenvalue weighted by Gasteiger charge is 2.02. The van der Waals surface area contributed by atoms with E-state index in [1.165, 1.54) is 0 Å². The molecule has 0 saturated heterocycles. The summed E-state index contributed by atoms with van der Waals surface area (Å²) < 4.78 is 0. The zero-order chi connectivity index (χ0) is 12.0. The Bertz CT molecular complexity index is 436. The molecule has 2 rings (SSSR count). The maximum atomic E-state index is 4.41. The van der Waals surface area contributed by atoms with Gasteiger partial charge in [-0.15, -0.1) is 0 Å². The zero-order valence-corrected chi connectivity index (χ0v) is 10.4. The largest absolute Gasteiger partial charge is 0.258 e. The van der Waals surface area contributed by atoms with Crippen LogP contribution in [0.15, 0.2) is 36.5 Å². The van der Waals surface area contributed by atoms with Crippen molar-refractivity contribution in [2.24, 2.45) is 0 Å². The first-order chi connectivity index (χ1) is 7.77. The van der Waals surface area contributed by atoms with Gasteiger partial charge in [0.2, 0.25) is 0 Å². The van der Waals surface area contributed by atoms with E-state index in [1.54, 1.807) is 6.20 Å². The van der Waals surface area contributed by atoms with Crippen molar-refractivity contribution < 1.29 is 0 Å². The number of pyridine rings is 2. The van der Waals surface area contributed by atoms with Crippen LogP contribution < -0.4 is 0 Å². The van der Waals surface area contributed by atoms with Gasteiger partial charge in [-0.25, -0.2) is 0 Å². The van der Waals surface area contributed by atoms with Gasteiger partial charge in [0, 0.05) is 23.1 Å². The Balaban J connectivity index is 0.000000606. The van der Waals surface area contributed by atoms with Gasteiger partial charge < -0.3 is 0 Å². The van der Waals surface area contributed by atoms with Crippen molar-refractivity contribution in [1.29, 1.82) is 0 Å². The summed E-state index contributed by atoms with van der Waals surface area (Å²) in [6.45, 7) is 8.01. The van der Waals surface area contributed by atoms with Gasteiger partial charge in [0.05, 0.1) is 5.69 Å². The van der Waals surface area contributed by atoms with E-state index in [9.17, 15) is 0 Å². The molecule has 2 heterocycles. The Kier molecular flexibility index (Phi) is 4.65. The maximum absolute atomic E-state index is 4.41. The van der Waals surface area contributed by atoms with E-state index in [1.807, 2.05) is 52.0 Å². The number of nitrogens with zero attached hydrogens (tertiary/aromatic N) is 2. The van der Waals surface area contributed by atoms with Gasteiger partial charge in [-0.1, -0.05) is 19.9 Å². The molecule has 0 bridgehead atoms. The van der Waals surface area contributed by atoms with Gasteiger partial charge in [-0.05, 0) is 38.1 Å². The monoisotopic (exact) mass is 214 g/mol. The molecule has 0 aliphatic rings. The molecule has 2 heteroatoms. The van der Waals surface area contributed by atoms with Crippen LogP contribution >= 0.6 is 0 Å². The van der Waals surface area contributed by atoms with Crippen molar-refractivity contribution in [2.45, 2.75) is 27.7 Å². The van der Waals surface area contributed by atoms with Gasteiger partial charge in [0.15, 0.2) is 0 Å². The quantitative estimate of drug-likeness (QED) is 0.721. The Labute approximate surface area is 97.4 Å². The zero-order valence-electron chi connectivity index (χ0n) is 10.4. The third kappa shape index (κ3) is 2.89. The second kappa shape index (κ2) is 6.01. The third-order valence-electron chi connectivity index (χ3n) is 2.17. The summed E-state index contributed by atoms with van der Waals surface area (Å²) >= 11 is 0. The maximum Gasteiger partial charge on any atom is 0.0720 e. The molecule has 2 aromatic heterocycles. The minimum Gasteiger partial charge on any atom is -0.258 e. The summed E-state index contributed by atoms with van der Waals surface area (Å²) in [6.07, 6.45) is 1.80. The van der Waals surface area contributed by atoms with Gasteiger partial charge in [-0.3, -0.25) is 9.97 Å². The van der Waals surface area contributed by atoms with E-state index in [4.69, 9.17) is 0 Å². The van der Waals surface area contributed by atoms with Crippen molar-refractivity contribution in [3.05, 3.63) is 47.9 Å². The van der Waals surface area contributed by atoms with E-state index in [2.05, 4.69) is 16.0 Å². The molecule has 0 fully saturated rings. The molecule has 16 heavy (non-hydrogen) atoms. The molecule has 0 saturated carbocycles. The van der Waals surface area contributed by atoms with Crippen LogP contribution in [0.25, 0.3) is 11.3 Å². The Morgan fingerprint density at radius 2 is 1.69 bits per heavy atom. The molecule has 0 radical (unpaired) electrons. The predicted molar refractivity (Wildman–Crippen MR) is 68.3 cm³/mol. The number of rotatable bonds is 1. The number of aromatic nitrogens is 2. The molecule has 2 aromatic rings. The molecular weight excluding hydrogens is 196 g/mol. The van der Waals surface area contributed by atoms with E-state index < -0.39 is 0 Å². The van der Waals surface area contributed by atoms with E-state index in [0.717, 1.165) is 22.6 Å². The highest BCUT2D eigenvalue weighted by Crippen LogP contribution is 2.19.